The van der Waals surface area contributed by atoms with Crippen molar-refractivity contribution in [3.63, 3.8) is 0 Å². The Hall–Kier alpha value is -3.81. The zero-order chi connectivity index (χ0) is 20.2. The first-order valence-corrected chi connectivity index (χ1v) is 9.09. The van der Waals surface area contributed by atoms with Gasteiger partial charge >= 0.3 is 0 Å². The highest BCUT2D eigenvalue weighted by Crippen LogP contribution is 2.23. The van der Waals surface area contributed by atoms with Gasteiger partial charge in [0, 0.05) is 36.2 Å². The molecule has 1 aliphatic heterocycles. The normalized spacial score (nSPS) is 13.5. The van der Waals surface area contributed by atoms with E-state index in [1.54, 1.807) is 30.5 Å². The van der Waals surface area contributed by atoms with Crippen LogP contribution in [0.25, 0.3) is 0 Å². The number of halogens is 1. The summed E-state index contributed by atoms with van der Waals surface area (Å²) < 4.78 is 12.9. The molecule has 2 aromatic carbocycles. The van der Waals surface area contributed by atoms with E-state index in [-0.39, 0.29) is 23.5 Å². The van der Waals surface area contributed by atoms with E-state index in [0.29, 0.717) is 30.0 Å². The molecule has 2 amide bonds. The maximum atomic E-state index is 12.9. The van der Waals surface area contributed by atoms with Gasteiger partial charge in [0.15, 0.2) is 5.82 Å². The molecule has 0 saturated carbocycles. The van der Waals surface area contributed by atoms with Gasteiger partial charge in [0.05, 0.1) is 5.92 Å². The van der Waals surface area contributed by atoms with Gasteiger partial charge in [-0.1, -0.05) is 0 Å². The summed E-state index contributed by atoms with van der Waals surface area (Å²) in [6.45, 7) is 1.17. The molecule has 1 fully saturated rings. The van der Waals surface area contributed by atoms with E-state index >= 15 is 0 Å². The fourth-order valence-electron chi connectivity index (χ4n) is 2.98. The highest BCUT2D eigenvalue weighted by molar-refractivity contribution is 6.04. The minimum atomic E-state index is -0.366. The molecular weight excluding hydrogens is 373 g/mol. The number of hydrogen-bond acceptors (Lipinski definition) is 5. The Morgan fingerprint density at radius 2 is 1.59 bits per heavy atom. The number of amides is 2. The van der Waals surface area contributed by atoms with Crippen LogP contribution < -0.4 is 15.5 Å². The number of anilines is 3. The molecule has 0 aliphatic carbocycles. The fourth-order valence-corrected chi connectivity index (χ4v) is 2.98. The molecule has 29 heavy (non-hydrogen) atoms. The van der Waals surface area contributed by atoms with Crippen LogP contribution in [0.2, 0.25) is 0 Å². The minimum Gasteiger partial charge on any atom is -0.353 e. The van der Waals surface area contributed by atoms with Crippen molar-refractivity contribution in [2.24, 2.45) is 5.92 Å². The molecule has 1 saturated heterocycles. The zero-order valence-corrected chi connectivity index (χ0v) is 15.4. The summed E-state index contributed by atoms with van der Waals surface area (Å²) in [5.41, 5.74) is 1.56. The molecule has 0 atom stereocenters. The summed E-state index contributed by atoms with van der Waals surface area (Å²) in [5, 5.41) is 13.4. The predicted octanol–water partition coefficient (Wildman–Crippen LogP) is 2.94. The van der Waals surface area contributed by atoms with Crippen molar-refractivity contribution in [3.8, 4) is 0 Å². The van der Waals surface area contributed by atoms with E-state index in [1.165, 1.54) is 24.3 Å². The lowest BCUT2D eigenvalue weighted by atomic mass is 9.99. The fraction of sp³-hybridized carbons (Fsp3) is 0.143. The number of hydrogen-bond donors (Lipinski definition) is 2. The molecular formula is C21H18FN5O2. The third-order valence-electron chi connectivity index (χ3n) is 4.65. The Morgan fingerprint density at radius 1 is 0.931 bits per heavy atom. The van der Waals surface area contributed by atoms with Gasteiger partial charge in [0.2, 0.25) is 5.91 Å². The van der Waals surface area contributed by atoms with Gasteiger partial charge in [-0.2, -0.15) is 5.10 Å². The van der Waals surface area contributed by atoms with Crippen LogP contribution in [0, 0.1) is 11.7 Å². The monoisotopic (exact) mass is 391 g/mol. The summed E-state index contributed by atoms with van der Waals surface area (Å²) in [5.74, 6) is -0.123. The average molecular weight is 391 g/mol. The Morgan fingerprint density at radius 3 is 2.24 bits per heavy atom. The molecule has 2 N–H and O–H groups in total. The number of nitrogens with one attached hydrogen (secondary N) is 2. The van der Waals surface area contributed by atoms with Gasteiger partial charge in [-0.05, 0) is 60.7 Å². The van der Waals surface area contributed by atoms with E-state index in [9.17, 15) is 14.0 Å². The predicted molar refractivity (Wildman–Crippen MR) is 107 cm³/mol. The number of carbonyl (C=O) groups is 2. The van der Waals surface area contributed by atoms with Crippen molar-refractivity contribution >= 4 is 29.0 Å². The maximum absolute atomic E-state index is 12.9. The second kappa shape index (κ2) is 8.05. The number of carbonyl (C=O) groups excluding carboxylic acids is 2. The molecule has 8 heteroatoms. The van der Waals surface area contributed by atoms with Crippen molar-refractivity contribution in [2.75, 3.05) is 28.6 Å². The molecule has 3 aromatic rings. The summed E-state index contributed by atoms with van der Waals surface area (Å²) in [6.07, 6.45) is 1.61. The standard InChI is InChI=1S/C21H18FN5O2/c22-16-5-9-18(10-6-16)24-20(28)14-3-7-17(8-4-14)25-21(29)15-12-27(13-15)19-2-1-11-23-26-19/h1-11,15H,12-13H2,(H,24,28)(H,25,29). The zero-order valence-electron chi connectivity index (χ0n) is 15.4. The third-order valence-corrected chi connectivity index (χ3v) is 4.65. The lowest BCUT2D eigenvalue weighted by Gasteiger charge is -2.38. The van der Waals surface area contributed by atoms with E-state index in [1.807, 2.05) is 17.0 Å². The van der Waals surface area contributed by atoms with Crippen molar-refractivity contribution in [1.82, 2.24) is 10.2 Å². The maximum Gasteiger partial charge on any atom is 0.255 e. The molecule has 146 valence electrons. The Bertz CT molecular complexity index is 1000. The molecule has 0 radical (unpaired) electrons. The van der Waals surface area contributed by atoms with Crippen molar-refractivity contribution in [3.05, 3.63) is 78.2 Å². The summed E-state index contributed by atoms with van der Waals surface area (Å²) in [7, 11) is 0. The lowest BCUT2D eigenvalue weighted by Crippen LogP contribution is -2.52. The number of nitrogens with zero attached hydrogens (tertiary/aromatic N) is 3. The largest absolute Gasteiger partial charge is 0.353 e. The van der Waals surface area contributed by atoms with E-state index in [0.717, 1.165) is 5.82 Å². The number of aromatic nitrogens is 2. The van der Waals surface area contributed by atoms with E-state index in [2.05, 4.69) is 20.8 Å². The summed E-state index contributed by atoms with van der Waals surface area (Å²) >= 11 is 0. The Labute approximate surface area is 166 Å². The van der Waals surface area contributed by atoms with Gasteiger partial charge in [0.1, 0.15) is 5.82 Å². The molecule has 0 spiro atoms. The van der Waals surface area contributed by atoms with Crippen LogP contribution in [0.5, 0.6) is 0 Å². The van der Waals surface area contributed by atoms with E-state index in [4.69, 9.17) is 0 Å². The van der Waals surface area contributed by atoms with Gasteiger partial charge < -0.3 is 15.5 Å². The van der Waals surface area contributed by atoms with Crippen LogP contribution >= 0.6 is 0 Å². The molecule has 4 rings (SSSR count). The van der Waals surface area contributed by atoms with Gasteiger partial charge in [-0.15, -0.1) is 5.10 Å². The molecule has 2 heterocycles. The first-order valence-electron chi connectivity index (χ1n) is 9.09. The van der Waals surface area contributed by atoms with Crippen LogP contribution in [-0.4, -0.2) is 35.1 Å². The van der Waals surface area contributed by atoms with Crippen molar-refractivity contribution in [2.45, 2.75) is 0 Å². The van der Waals surface area contributed by atoms with Crippen molar-refractivity contribution in [1.29, 1.82) is 0 Å². The van der Waals surface area contributed by atoms with Gasteiger partial charge in [-0.25, -0.2) is 4.39 Å². The van der Waals surface area contributed by atoms with Gasteiger partial charge in [-0.3, -0.25) is 9.59 Å². The topological polar surface area (TPSA) is 87.2 Å². The second-order valence-corrected chi connectivity index (χ2v) is 6.71. The summed E-state index contributed by atoms with van der Waals surface area (Å²) in [4.78, 5) is 26.6. The number of benzene rings is 2. The van der Waals surface area contributed by atoms with Crippen LogP contribution in [0.3, 0.4) is 0 Å². The van der Waals surface area contributed by atoms with Crippen LogP contribution in [-0.2, 0) is 4.79 Å². The SMILES string of the molecule is O=C(Nc1ccc(F)cc1)c1ccc(NC(=O)C2CN(c3cccnn3)C2)cc1. The minimum absolute atomic E-state index is 0.0753. The average Bonchev–Trinajstić information content (AvgIpc) is 2.70. The van der Waals surface area contributed by atoms with E-state index < -0.39 is 0 Å². The molecule has 1 aromatic heterocycles. The molecule has 7 nitrogen and oxygen atoms in total. The number of rotatable bonds is 5. The second-order valence-electron chi connectivity index (χ2n) is 6.71. The third kappa shape index (κ3) is 4.37. The lowest BCUT2D eigenvalue weighted by molar-refractivity contribution is -0.120. The quantitative estimate of drug-likeness (QED) is 0.698. The van der Waals surface area contributed by atoms with Crippen LogP contribution in [0.1, 0.15) is 10.4 Å². The first-order chi connectivity index (χ1) is 14.1. The highest BCUT2D eigenvalue weighted by Gasteiger charge is 2.33. The summed E-state index contributed by atoms with van der Waals surface area (Å²) in [6, 6.07) is 15.8. The highest BCUT2D eigenvalue weighted by atomic mass is 19.1. The van der Waals surface area contributed by atoms with Crippen LogP contribution in [0.4, 0.5) is 21.6 Å². The van der Waals surface area contributed by atoms with Crippen LogP contribution in [0.15, 0.2) is 66.9 Å². The molecule has 0 unspecified atom stereocenters. The Kier molecular flexibility index (Phi) is 5.15. The molecule has 0 bridgehead atoms. The first kappa shape index (κ1) is 18.5. The smallest absolute Gasteiger partial charge is 0.255 e. The van der Waals surface area contributed by atoms with Crippen molar-refractivity contribution < 1.29 is 14.0 Å². The van der Waals surface area contributed by atoms with Gasteiger partial charge in [0.25, 0.3) is 5.91 Å². The molecule has 1 aliphatic rings. The Balaban J connectivity index is 1.30.